The van der Waals surface area contributed by atoms with E-state index in [2.05, 4.69) is 27.1 Å². The number of esters is 2. The molecule has 2 bridgehead atoms. The van der Waals surface area contributed by atoms with E-state index in [9.17, 15) is 24.3 Å². The van der Waals surface area contributed by atoms with Gasteiger partial charge in [0, 0.05) is 22.4 Å². The SMILES string of the molecule is COC(=O)CCC(=O)OC1C(O)C2OC1C1C(=O)N(c3ccccc3)C(=O)C21.S=S. The molecule has 4 rings (SSSR count). The van der Waals surface area contributed by atoms with Crippen molar-refractivity contribution < 1.29 is 38.5 Å². The van der Waals surface area contributed by atoms with Gasteiger partial charge >= 0.3 is 11.9 Å². The quantitative estimate of drug-likeness (QED) is 0.474. The summed E-state index contributed by atoms with van der Waals surface area (Å²) in [5.41, 5.74) is 0.451. The average Bonchev–Trinajstić information content (AvgIpc) is 3.38. The summed E-state index contributed by atoms with van der Waals surface area (Å²) in [7, 11) is 1.21. The third-order valence-electron chi connectivity index (χ3n) is 5.46. The van der Waals surface area contributed by atoms with Gasteiger partial charge in [-0.3, -0.25) is 19.2 Å². The molecule has 0 spiro atoms. The number of rotatable bonds is 5. The zero-order valence-corrected chi connectivity index (χ0v) is 17.5. The van der Waals surface area contributed by atoms with Crippen LogP contribution < -0.4 is 4.90 Å². The lowest BCUT2D eigenvalue weighted by Gasteiger charge is -2.28. The smallest absolute Gasteiger partial charge is 0.306 e. The molecule has 0 saturated carbocycles. The second-order valence-electron chi connectivity index (χ2n) is 6.99. The van der Waals surface area contributed by atoms with Crippen molar-refractivity contribution in [2.24, 2.45) is 11.8 Å². The fraction of sp³-hybridized carbons (Fsp3) is 0.474. The van der Waals surface area contributed by atoms with Gasteiger partial charge in [0.25, 0.3) is 0 Å². The van der Waals surface area contributed by atoms with E-state index in [4.69, 9.17) is 9.47 Å². The Labute approximate surface area is 181 Å². The number of benzene rings is 1. The molecule has 3 fully saturated rings. The van der Waals surface area contributed by atoms with Gasteiger partial charge < -0.3 is 19.3 Å². The predicted molar refractivity (Wildman–Crippen MR) is 106 cm³/mol. The molecule has 6 atom stereocenters. The molecule has 30 heavy (non-hydrogen) atoms. The fourth-order valence-corrected chi connectivity index (χ4v) is 4.20. The molecular formula is C19H19NO8S2. The van der Waals surface area contributed by atoms with E-state index < -0.39 is 60.0 Å². The number of imide groups is 1. The molecule has 160 valence electrons. The lowest BCUT2D eigenvalue weighted by molar-refractivity contribution is -0.161. The van der Waals surface area contributed by atoms with E-state index in [1.54, 1.807) is 30.3 Å². The third-order valence-corrected chi connectivity index (χ3v) is 5.46. The van der Waals surface area contributed by atoms with Crippen LogP contribution in [0.1, 0.15) is 12.8 Å². The van der Waals surface area contributed by atoms with Crippen LogP contribution in [0.5, 0.6) is 0 Å². The van der Waals surface area contributed by atoms with E-state index in [0.717, 1.165) is 4.90 Å². The monoisotopic (exact) mass is 453 g/mol. The summed E-state index contributed by atoms with van der Waals surface area (Å²) in [5, 5.41) is 10.5. The third kappa shape index (κ3) is 3.73. The Morgan fingerprint density at radius 1 is 1.03 bits per heavy atom. The molecule has 0 radical (unpaired) electrons. The summed E-state index contributed by atoms with van der Waals surface area (Å²) in [6.07, 6.45) is -4.48. The molecule has 3 aliphatic rings. The first-order chi connectivity index (χ1) is 14.4. The minimum Gasteiger partial charge on any atom is -0.469 e. The number of amides is 2. The van der Waals surface area contributed by atoms with Crippen LogP contribution in [0.3, 0.4) is 0 Å². The predicted octanol–water partition coefficient (Wildman–Crippen LogP) is -0.206. The standard InChI is InChI=1S/C19H19NO8.S2/c1-26-10(21)7-8-11(22)27-17-14(23)15-12-13(16(17)28-15)19(25)20(18(12)24)9-5-3-2-4-6-9;1-2/h2-6,12-17,23H,7-8H2,1H3;. The molecule has 11 heteroatoms. The Morgan fingerprint density at radius 3 is 2.20 bits per heavy atom. The molecule has 9 nitrogen and oxygen atoms in total. The van der Waals surface area contributed by atoms with Crippen LogP contribution in [0.2, 0.25) is 0 Å². The van der Waals surface area contributed by atoms with Crippen molar-refractivity contribution in [3.8, 4) is 0 Å². The van der Waals surface area contributed by atoms with Crippen LogP contribution in [0.15, 0.2) is 30.3 Å². The Bertz CT molecular complexity index is 850. The van der Waals surface area contributed by atoms with Gasteiger partial charge in [-0.25, -0.2) is 4.90 Å². The maximum atomic E-state index is 12.9. The molecule has 1 aromatic carbocycles. The molecule has 0 aromatic heterocycles. The van der Waals surface area contributed by atoms with Gasteiger partial charge in [0.15, 0.2) is 6.10 Å². The Morgan fingerprint density at radius 2 is 1.60 bits per heavy atom. The molecule has 6 unspecified atom stereocenters. The van der Waals surface area contributed by atoms with Crippen LogP contribution in [-0.4, -0.2) is 60.4 Å². The Hall–Kier alpha value is -2.34. The fourth-order valence-electron chi connectivity index (χ4n) is 4.20. The number of nitrogens with zero attached hydrogens (tertiary/aromatic N) is 1. The minimum atomic E-state index is -1.22. The number of anilines is 1. The summed E-state index contributed by atoms with van der Waals surface area (Å²) in [6, 6.07) is 8.52. The van der Waals surface area contributed by atoms with Gasteiger partial charge in [0.1, 0.15) is 18.3 Å². The van der Waals surface area contributed by atoms with Gasteiger partial charge in [-0.2, -0.15) is 0 Å². The van der Waals surface area contributed by atoms with Crippen LogP contribution >= 0.6 is 0 Å². The van der Waals surface area contributed by atoms with Crippen molar-refractivity contribution in [3.05, 3.63) is 30.3 Å². The topological polar surface area (TPSA) is 119 Å². The number of hydrogen-bond acceptors (Lipinski definition) is 10. The number of hydrogen-bond donors (Lipinski definition) is 1. The number of ether oxygens (including phenoxy) is 3. The van der Waals surface area contributed by atoms with E-state index in [-0.39, 0.29) is 12.8 Å². The number of methoxy groups -OCH3 is 1. The second-order valence-corrected chi connectivity index (χ2v) is 6.99. The van der Waals surface area contributed by atoms with Gasteiger partial charge in [-0.1, -0.05) is 18.2 Å². The maximum Gasteiger partial charge on any atom is 0.306 e. The van der Waals surface area contributed by atoms with Crippen molar-refractivity contribution in [2.75, 3.05) is 12.0 Å². The highest BCUT2D eigenvalue weighted by Gasteiger charge is 2.70. The Balaban J connectivity index is 0.00000124. The number of carbonyl (C=O) groups is 4. The first-order valence-corrected chi connectivity index (χ1v) is 10.5. The van der Waals surface area contributed by atoms with E-state index in [1.165, 1.54) is 7.11 Å². The first kappa shape index (κ1) is 22.3. The van der Waals surface area contributed by atoms with Crippen LogP contribution in [0.25, 0.3) is 0 Å². The number of para-hydroxylation sites is 1. The molecule has 2 amide bonds. The van der Waals surface area contributed by atoms with Crippen molar-refractivity contribution in [1.29, 1.82) is 0 Å². The summed E-state index contributed by atoms with van der Waals surface area (Å²) >= 11 is 7.33. The highest BCUT2D eigenvalue weighted by molar-refractivity contribution is 8.07. The largest absolute Gasteiger partial charge is 0.469 e. The number of aliphatic hydroxyl groups is 1. The van der Waals surface area contributed by atoms with Crippen LogP contribution in [0.4, 0.5) is 5.69 Å². The van der Waals surface area contributed by atoms with Gasteiger partial charge in [-0.15, -0.1) is 0 Å². The van der Waals surface area contributed by atoms with E-state index in [0.29, 0.717) is 5.69 Å². The number of fused-ring (bicyclic) bond motifs is 5. The summed E-state index contributed by atoms with van der Waals surface area (Å²) in [4.78, 5) is 50.0. The molecular weight excluding hydrogens is 434 g/mol. The summed E-state index contributed by atoms with van der Waals surface area (Å²) < 4.78 is 15.4. The van der Waals surface area contributed by atoms with Crippen molar-refractivity contribution in [2.45, 2.75) is 37.3 Å². The first-order valence-electron chi connectivity index (χ1n) is 9.13. The highest BCUT2D eigenvalue weighted by atomic mass is 32.8. The van der Waals surface area contributed by atoms with E-state index in [1.807, 2.05) is 0 Å². The molecule has 1 N–H and O–H groups in total. The van der Waals surface area contributed by atoms with Crippen LogP contribution in [0, 0.1) is 11.8 Å². The summed E-state index contributed by atoms with van der Waals surface area (Å²) in [6.45, 7) is 0. The highest BCUT2D eigenvalue weighted by Crippen LogP contribution is 2.50. The lowest BCUT2D eigenvalue weighted by atomic mass is 9.78. The number of aliphatic hydroxyl groups excluding tert-OH is 1. The maximum absolute atomic E-state index is 12.9. The molecule has 3 aliphatic heterocycles. The number of carbonyl (C=O) groups excluding carboxylic acids is 4. The van der Waals surface area contributed by atoms with E-state index >= 15 is 0 Å². The average molecular weight is 453 g/mol. The molecule has 3 heterocycles. The molecule has 1 aromatic rings. The normalized spacial score (nSPS) is 31.1. The van der Waals surface area contributed by atoms with Crippen molar-refractivity contribution >= 4 is 51.8 Å². The zero-order chi connectivity index (χ0) is 22.0. The Kier molecular flexibility index (Phi) is 6.86. The van der Waals surface area contributed by atoms with Crippen molar-refractivity contribution in [1.82, 2.24) is 0 Å². The minimum absolute atomic E-state index is 0.154. The van der Waals surface area contributed by atoms with Crippen LogP contribution in [-0.2, 0) is 55.8 Å². The molecule has 0 aliphatic carbocycles. The lowest BCUT2D eigenvalue weighted by Crippen LogP contribution is -2.49. The van der Waals surface area contributed by atoms with Gasteiger partial charge in [-0.05, 0) is 12.1 Å². The zero-order valence-electron chi connectivity index (χ0n) is 15.8. The van der Waals surface area contributed by atoms with Crippen molar-refractivity contribution in [3.63, 3.8) is 0 Å². The molecule has 3 saturated heterocycles. The van der Waals surface area contributed by atoms with Gasteiger partial charge in [0.2, 0.25) is 11.8 Å². The van der Waals surface area contributed by atoms with Gasteiger partial charge in [0.05, 0.1) is 37.5 Å². The summed E-state index contributed by atoms with van der Waals surface area (Å²) in [5.74, 6) is -3.76. The second kappa shape index (κ2) is 9.21.